The van der Waals surface area contributed by atoms with Crippen molar-refractivity contribution >= 4 is 35.0 Å². The van der Waals surface area contributed by atoms with Gasteiger partial charge in [0, 0.05) is 24.0 Å². The lowest BCUT2D eigenvalue weighted by Gasteiger charge is -2.21. The predicted octanol–water partition coefficient (Wildman–Crippen LogP) is 5.18. The van der Waals surface area contributed by atoms with Gasteiger partial charge in [-0.15, -0.1) is 11.8 Å². The predicted molar refractivity (Wildman–Crippen MR) is 117 cm³/mol. The highest BCUT2D eigenvalue weighted by atomic mass is 32.2. The van der Waals surface area contributed by atoms with Gasteiger partial charge in [0.2, 0.25) is 11.8 Å². The van der Waals surface area contributed by atoms with E-state index in [0.29, 0.717) is 24.3 Å². The van der Waals surface area contributed by atoms with Crippen LogP contribution in [-0.4, -0.2) is 27.6 Å². The van der Waals surface area contributed by atoms with Crippen molar-refractivity contribution < 1.29 is 14.4 Å². The van der Waals surface area contributed by atoms with Crippen LogP contribution < -0.4 is 4.90 Å². The first-order valence-corrected chi connectivity index (χ1v) is 10.9. The van der Waals surface area contributed by atoms with Gasteiger partial charge in [0.15, 0.2) is 0 Å². The zero-order valence-electron chi connectivity index (χ0n) is 18.0. The first-order valence-electron chi connectivity index (χ1n) is 10.0. The van der Waals surface area contributed by atoms with Crippen molar-refractivity contribution in [3.63, 3.8) is 0 Å². The molecule has 28 heavy (non-hydrogen) atoms. The zero-order chi connectivity index (χ0) is 21.1. The second kappa shape index (κ2) is 8.81. The number of amides is 2. The Hall–Kier alpha value is -1.62. The highest BCUT2D eigenvalue weighted by Crippen LogP contribution is 2.36. The van der Waals surface area contributed by atoms with Gasteiger partial charge in [0.1, 0.15) is 5.78 Å². The molecular weight excluding hydrogens is 370 g/mol. The van der Waals surface area contributed by atoms with Gasteiger partial charge in [0.25, 0.3) is 0 Å². The molecule has 0 aliphatic carbocycles. The van der Waals surface area contributed by atoms with Crippen molar-refractivity contribution in [3.05, 3.63) is 29.8 Å². The summed E-state index contributed by atoms with van der Waals surface area (Å²) in [5.74, 6) is 0.0532. The minimum Gasteiger partial charge on any atom is -0.300 e. The van der Waals surface area contributed by atoms with Crippen molar-refractivity contribution in [2.24, 2.45) is 5.41 Å². The average molecular weight is 404 g/mol. The third-order valence-electron chi connectivity index (χ3n) is 4.44. The molecule has 0 bridgehead atoms. The van der Waals surface area contributed by atoms with E-state index in [1.165, 1.54) is 4.90 Å². The Morgan fingerprint density at radius 1 is 1.07 bits per heavy atom. The van der Waals surface area contributed by atoms with Gasteiger partial charge in [-0.2, -0.15) is 0 Å². The van der Waals surface area contributed by atoms with E-state index in [2.05, 4.69) is 41.5 Å². The Balaban J connectivity index is 1.92. The van der Waals surface area contributed by atoms with Gasteiger partial charge >= 0.3 is 0 Å². The Bertz CT molecular complexity index is 726. The molecular formula is C23H33NO3S. The molecule has 1 heterocycles. The molecule has 5 heteroatoms. The Kier molecular flexibility index (Phi) is 7.13. The monoisotopic (exact) mass is 403 g/mol. The van der Waals surface area contributed by atoms with Crippen LogP contribution in [0.4, 0.5) is 5.69 Å². The third-order valence-corrected chi connectivity index (χ3v) is 5.80. The minimum absolute atomic E-state index is 0.0384. The van der Waals surface area contributed by atoms with E-state index in [-0.39, 0.29) is 33.6 Å². The Morgan fingerprint density at radius 3 is 2.21 bits per heavy atom. The lowest BCUT2D eigenvalue weighted by Crippen LogP contribution is -2.32. The van der Waals surface area contributed by atoms with Crippen LogP contribution in [0.15, 0.2) is 24.3 Å². The average Bonchev–Trinajstić information content (AvgIpc) is 2.78. The number of Topliss-reactive ketones (excluding diaryl/α,β-unsaturated/α-hetero) is 1. The quantitative estimate of drug-likeness (QED) is 0.589. The summed E-state index contributed by atoms with van der Waals surface area (Å²) in [5, 5.41) is -0.305. The Labute approximate surface area is 173 Å². The third kappa shape index (κ3) is 6.77. The lowest BCUT2D eigenvalue weighted by molar-refractivity contribution is -0.122. The largest absolute Gasteiger partial charge is 0.300 e. The summed E-state index contributed by atoms with van der Waals surface area (Å²) in [6.45, 7) is 12.4. The molecule has 1 unspecified atom stereocenters. The highest BCUT2D eigenvalue weighted by molar-refractivity contribution is 8.02. The van der Waals surface area contributed by atoms with E-state index in [1.807, 2.05) is 24.3 Å². The topological polar surface area (TPSA) is 54.5 Å². The van der Waals surface area contributed by atoms with Crippen molar-refractivity contribution in [1.29, 1.82) is 0 Å². The van der Waals surface area contributed by atoms with E-state index in [1.54, 1.807) is 11.8 Å². The number of hydrogen-bond donors (Lipinski definition) is 0. The van der Waals surface area contributed by atoms with Crippen LogP contribution in [0.3, 0.4) is 0 Å². The molecule has 1 atom stereocenters. The fourth-order valence-corrected chi connectivity index (χ4v) is 4.66. The molecule has 1 aromatic rings. The van der Waals surface area contributed by atoms with E-state index < -0.39 is 0 Å². The number of thioether (sulfide) groups is 1. The Morgan fingerprint density at radius 2 is 1.68 bits per heavy atom. The number of aryl methyl sites for hydroxylation is 1. The van der Waals surface area contributed by atoms with Crippen LogP contribution in [0.5, 0.6) is 0 Å². The van der Waals surface area contributed by atoms with Crippen LogP contribution in [0.1, 0.15) is 72.8 Å². The molecule has 2 rings (SSSR count). The molecule has 1 aliphatic heterocycles. The number of nitrogens with zero attached hydrogens (tertiary/aromatic N) is 1. The molecule has 1 aromatic carbocycles. The van der Waals surface area contributed by atoms with Gasteiger partial charge in [-0.25, -0.2) is 4.90 Å². The number of rotatable bonds is 7. The maximum absolute atomic E-state index is 12.7. The summed E-state index contributed by atoms with van der Waals surface area (Å²) in [6, 6.07) is 7.58. The van der Waals surface area contributed by atoms with E-state index in [4.69, 9.17) is 0 Å². The van der Waals surface area contributed by atoms with E-state index >= 15 is 0 Å². The van der Waals surface area contributed by atoms with Gasteiger partial charge in [-0.05, 0) is 36.0 Å². The van der Waals surface area contributed by atoms with Crippen LogP contribution in [0, 0.1) is 5.41 Å². The molecule has 0 aromatic heterocycles. The molecule has 1 fully saturated rings. The number of ketones is 1. The number of carbonyl (C=O) groups is 3. The molecule has 1 aliphatic rings. The number of anilines is 1. The summed E-state index contributed by atoms with van der Waals surface area (Å²) in [7, 11) is 0. The zero-order valence-corrected chi connectivity index (χ0v) is 18.8. The summed E-state index contributed by atoms with van der Waals surface area (Å²) in [4.78, 5) is 38.4. The molecule has 0 N–H and O–H groups in total. The normalized spacial score (nSPS) is 18.1. The van der Waals surface area contributed by atoms with Crippen molar-refractivity contribution in [2.45, 2.75) is 83.6 Å². The second-order valence-corrected chi connectivity index (χ2v) is 11.8. The van der Waals surface area contributed by atoms with Gasteiger partial charge in [-0.3, -0.25) is 14.4 Å². The first-order chi connectivity index (χ1) is 12.9. The van der Waals surface area contributed by atoms with Crippen LogP contribution in [-0.2, 0) is 20.8 Å². The molecule has 0 saturated carbocycles. The highest BCUT2D eigenvalue weighted by Gasteiger charge is 2.41. The maximum Gasteiger partial charge on any atom is 0.247 e. The first kappa shape index (κ1) is 22.7. The second-order valence-electron chi connectivity index (χ2n) is 9.79. The molecule has 4 nitrogen and oxygen atoms in total. The fraction of sp³-hybridized carbons (Fsp3) is 0.609. The van der Waals surface area contributed by atoms with Crippen molar-refractivity contribution in [2.75, 3.05) is 4.90 Å². The molecule has 0 spiro atoms. The summed E-state index contributed by atoms with van der Waals surface area (Å²) < 4.78 is -0.0646. The summed E-state index contributed by atoms with van der Waals surface area (Å²) >= 11 is 1.55. The standard InChI is InChI=1S/C23H33NO3S/c1-22(2,3)15-18(25)9-7-8-16-10-12-17(13-11-16)24-20(26)14-19(21(24)27)28-23(4,5)6/h10-13,19H,7-9,14-15H2,1-6H3. The lowest BCUT2D eigenvalue weighted by atomic mass is 9.88. The van der Waals surface area contributed by atoms with Crippen molar-refractivity contribution in [1.82, 2.24) is 0 Å². The van der Waals surface area contributed by atoms with E-state index in [0.717, 1.165) is 18.4 Å². The number of imide groups is 1. The molecule has 154 valence electrons. The summed E-state index contributed by atoms with van der Waals surface area (Å²) in [6.07, 6.45) is 3.10. The SMILES string of the molecule is CC(C)(C)CC(=O)CCCc1ccc(N2C(=O)CC(SC(C)(C)C)C2=O)cc1. The molecule has 1 saturated heterocycles. The number of benzene rings is 1. The fourth-order valence-electron chi connectivity index (χ4n) is 3.38. The van der Waals surface area contributed by atoms with Gasteiger partial charge in [-0.1, -0.05) is 53.7 Å². The van der Waals surface area contributed by atoms with Crippen LogP contribution in [0.25, 0.3) is 0 Å². The van der Waals surface area contributed by atoms with Crippen LogP contribution in [0.2, 0.25) is 0 Å². The number of hydrogen-bond acceptors (Lipinski definition) is 4. The van der Waals surface area contributed by atoms with E-state index in [9.17, 15) is 14.4 Å². The summed E-state index contributed by atoms with van der Waals surface area (Å²) in [5.41, 5.74) is 1.79. The maximum atomic E-state index is 12.7. The van der Waals surface area contributed by atoms with Gasteiger partial charge in [0.05, 0.1) is 10.9 Å². The minimum atomic E-state index is -0.305. The van der Waals surface area contributed by atoms with Crippen molar-refractivity contribution in [3.8, 4) is 0 Å². The molecule has 0 radical (unpaired) electrons. The van der Waals surface area contributed by atoms with Crippen LogP contribution >= 0.6 is 11.8 Å². The van der Waals surface area contributed by atoms with Gasteiger partial charge < -0.3 is 0 Å². The number of carbonyl (C=O) groups excluding carboxylic acids is 3. The molecule has 2 amide bonds. The smallest absolute Gasteiger partial charge is 0.247 e.